The van der Waals surface area contributed by atoms with Gasteiger partial charge in [0.2, 0.25) is 0 Å². The summed E-state index contributed by atoms with van der Waals surface area (Å²) in [5.74, 6) is 1.89. The van der Waals surface area contributed by atoms with Gasteiger partial charge in [-0.2, -0.15) is 0 Å². The summed E-state index contributed by atoms with van der Waals surface area (Å²) in [6.45, 7) is 0. The minimum absolute atomic E-state index is 0.619. The third-order valence-electron chi connectivity index (χ3n) is 8.49. The van der Waals surface area contributed by atoms with Crippen LogP contribution in [0.25, 0.3) is 88.8 Å². The van der Waals surface area contributed by atoms with Crippen LogP contribution in [0.15, 0.2) is 156 Å². The van der Waals surface area contributed by atoms with Crippen LogP contribution < -0.4 is 0 Å². The van der Waals surface area contributed by atoms with Gasteiger partial charge in [-0.25, -0.2) is 15.0 Å². The van der Waals surface area contributed by atoms with Crippen molar-refractivity contribution in [2.24, 2.45) is 0 Å². The summed E-state index contributed by atoms with van der Waals surface area (Å²) in [6, 6.07) is 52.4. The van der Waals surface area contributed by atoms with Crippen LogP contribution in [0.1, 0.15) is 0 Å². The highest BCUT2D eigenvalue weighted by Gasteiger charge is 2.16. The molecule has 4 nitrogen and oxygen atoms in total. The molecule has 0 radical (unpaired) electrons. The first-order valence-corrected chi connectivity index (χ1v) is 15.0. The van der Waals surface area contributed by atoms with Crippen LogP contribution in [0.3, 0.4) is 0 Å². The number of aromatic nitrogens is 3. The van der Waals surface area contributed by atoms with Gasteiger partial charge in [-0.3, -0.25) is 0 Å². The first-order chi connectivity index (χ1) is 22.2. The van der Waals surface area contributed by atoms with E-state index in [0.29, 0.717) is 17.5 Å². The molecule has 210 valence electrons. The summed E-state index contributed by atoms with van der Waals surface area (Å²) in [5, 5.41) is 6.74. The monoisotopic (exact) mass is 575 g/mol. The van der Waals surface area contributed by atoms with Crippen molar-refractivity contribution in [1.82, 2.24) is 15.0 Å². The Morgan fingerprint density at radius 2 is 0.822 bits per heavy atom. The number of rotatable bonds is 4. The standard InChI is InChI=1S/C41H25N3O/c1-2-8-26(9-3-1)31-18-20-35-36-24-34(19-21-37(36)45-38(35)25-31)41-43-39(32-16-14-27-10-4-6-12-29(27)22-32)42-40(44-41)33-17-15-28-11-5-7-13-30(28)23-33/h1-25H. The Hall–Kier alpha value is -6.13. The fourth-order valence-corrected chi connectivity index (χ4v) is 6.15. The molecule has 0 fully saturated rings. The highest BCUT2D eigenvalue weighted by molar-refractivity contribution is 6.07. The molecule has 0 N–H and O–H groups in total. The minimum atomic E-state index is 0.619. The summed E-state index contributed by atoms with van der Waals surface area (Å²) in [5.41, 5.74) is 6.77. The molecule has 9 rings (SSSR count). The van der Waals surface area contributed by atoms with Crippen molar-refractivity contribution in [1.29, 1.82) is 0 Å². The van der Waals surface area contributed by atoms with Crippen LogP contribution in [0.4, 0.5) is 0 Å². The lowest BCUT2D eigenvalue weighted by molar-refractivity contribution is 0.669. The van der Waals surface area contributed by atoms with Gasteiger partial charge in [0.15, 0.2) is 17.5 Å². The highest BCUT2D eigenvalue weighted by Crippen LogP contribution is 2.35. The Labute approximate surface area is 259 Å². The zero-order chi connectivity index (χ0) is 29.7. The predicted octanol–water partition coefficient (Wildman–Crippen LogP) is 10.7. The lowest BCUT2D eigenvalue weighted by Gasteiger charge is -2.10. The minimum Gasteiger partial charge on any atom is -0.456 e. The number of hydrogen-bond donors (Lipinski definition) is 0. The Kier molecular flexibility index (Phi) is 5.78. The number of benzene rings is 7. The Morgan fingerprint density at radius 1 is 0.311 bits per heavy atom. The van der Waals surface area contributed by atoms with Crippen LogP contribution in [0, 0.1) is 0 Å². The topological polar surface area (TPSA) is 51.8 Å². The Morgan fingerprint density at radius 3 is 1.44 bits per heavy atom. The fraction of sp³-hybridized carbons (Fsp3) is 0. The largest absolute Gasteiger partial charge is 0.456 e. The third kappa shape index (κ3) is 4.52. The van der Waals surface area contributed by atoms with Crippen molar-refractivity contribution in [3.8, 4) is 45.3 Å². The zero-order valence-electron chi connectivity index (χ0n) is 24.2. The van der Waals surface area contributed by atoms with Crippen molar-refractivity contribution >= 4 is 43.5 Å². The molecule has 0 saturated carbocycles. The third-order valence-corrected chi connectivity index (χ3v) is 8.49. The number of fused-ring (bicyclic) bond motifs is 5. The molecular weight excluding hydrogens is 550 g/mol. The maximum atomic E-state index is 6.32. The van der Waals surface area contributed by atoms with Gasteiger partial charge in [-0.05, 0) is 75.1 Å². The van der Waals surface area contributed by atoms with Gasteiger partial charge in [-0.15, -0.1) is 0 Å². The van der Waals surface area contributed by atoms with Crippen molar-refractivity contribution in [3.05, 3.63) is 152 Å². The summed E-state index contributed by atoms with van der Waals surface area (Å²) < 4.78 is 6.32. The smallest absolute Gasteiger partial charge is 0.164 e. The molecule has 9 aromatic rings. The van der Waals surface area contributed by atoms with Crippen LogP contribution in [0.2, 0.25) is 0 Å². The first-order valence-electron chi connectivity index (χ1n) is 15.0. The molecular formula is C41H25N3O. The molecule has 4 heteroatoms. The SMILES string of the molecule is c1ccc(-c2ccc3c(c2)oc2ccc(-c4nc(-c5ccc6ccccc6c5)nc(-c5ccc6ccccc6c5)n4)cc23)cc1. The molecule has 0 spiro atoms. The molecule has 0 aliphatic carbocycles. The zero-order valence-corrected chi connectivity index (χ0v) is 24.2. The van der Waals surface area contributed by atoms with E-state index in [1.54, 1.807) is 0 Å². The van der Waals surface area contributed by atoms with Gasteiger partial charge in [0.05, 0.1) is 0 Å². The van der Waals surface area contributed by atoms with Crippen molar-refractivity contribution in [2.45, 2.75) is 0 Å². The summed E-state index contributed by atoms with van der Waals surface area (Å²) in [4.78, 5) is 15.1. The first kappa shape index (κ1) is 25.4. The number of nitrogens with zero attached hydrogens (tertiary/aromatic N) is 3. The number of furan rings is 1. The van der Waals surface area contributed by atoms with E-state index in [-0.39, 0.29) is 0 Å². The lowest BCUT2D eigenvalue weighted by Crippen LogP contribution is -2.00. The van der Waals surface area contributed by atoms with E-state index >= 15 is 0 Å². The van der Waals surface area contributed by atoms with Crippen LogP contribution in [-0.2, 0) is 0 Å². The Balaban J connectivity index is 1.21. The van der Waals surface area contributed by atoms with Crippen LogP contribution in [0.5, 0.6) is 0 Å². The van der Waals surface area contributed by atoms with Gasteiger partial charge in [0, 0.05) is 27.5 Å². The van der Waals surface area contributed by atoms with E-state index in [0.717, 1.165) is 60.5 Å². The highest BCUT2D eigenvalue weighted by atomic mass is 16.3. The van der Waals surface area contributed by atoms with E-state index in [4.69, 9.17) is 19.4 Å². The lowest BCUT2D eigenvalue weighted by atomic mass is 10.0. The molecule has 45 heavy (non-hydrogen) atoms. The summed E-state index contributed by atoms with van der Waals surface area (Å²) in [7, 11) is 0. The molecule has 7 aromatic carbocycles. The quantitative estimate of drug-likeness (QED) is 0.209. The molecule has 2 heterocycles. The van der Waals surface area contributed by atoms with Gasteiger partial charge in [0.1, 0.15) is 11.2 Å². The van der Waals surface area contributed by atoms with Crippen LogP contribution in [-0.4, -0.2) is 15.0 Å². The Bertz CT molecular complexity index is 2450. The number of hydrogen-bond acceptors (Lipinski definition) is 4. The molecule has 0 aliphatic rings. The van der Waals surface area contributed by atoms with Gasteiger partial charge >= 0.3 is 0 Å². The fourth-order valence-electron chi connectivity index (χ4n) is 6.15. The van der Waals surface area contributed by atoms with Crippen molar-refractivity contribution < 1.29 is 4.42 Å². The van der Waals surface area contributed by atoms with E-state index in [1.165, 1.54) is 10.8 Å². The van der Waals surface area contributed by atoms with Crippen molar-refractivity contribution in [2.75, 3.05) is 0 Å². The van der Waals surface area contributed by atoms with Gasteiger partial charge in [0.25, 0.3) is 0 Å². The van der Waals surface area contributed by atoms with Gasteiger partial charge in [-0.1, -0.05) is 109 Å². The molecule has 0 saturated heterocycles. The molecule has 0 aliphatic heterocycles. The maximum Gasteiger partial charge on any atom is 0.164 e. The van der Waals surface area contributed by atoms with Gasteiger partial charge < -0.3 is 4.42 Å². The predicted molar refractivity (Wildman–Crippen MR) is 184 cm³/mol. The van der Waals surface area contributed by atoms with E-state index in [2.05, 4.69) is 133 Å². The van der Waals surface area contributed by atoms with E-state index < -0.39 is 0 Å². The molecule has 0 unspecified atom stereocenters. The summed E-state index contributed by atoms with van der Waals surface area (Å²) >= 11 is 0. The normalized spacial score (nSPS) is 11.6. The molecule has 2 aromatic heterocycles. The van der Waals surface area contributed by atoms with Crippen LogP contribution >= 0.6 is 0 Å². The molecule has 0 bridgehead atoms. The molecule has 0 atom stereocenters. The second-order valence-corrected chi connectivity index (χ2v) is 11.3. The maximum absolute atomic E-state index is 6.32. The second kappa shape index (κ2) is 10.2. The van der Waals surface area contributed by atoms with E-state index in [1.807, 2.05) is 18.2 Å². The van der Waals surface area contributed by atoms with Crippen molar-refractivity contribution in [3.63, 3.8) is 0 Å². The summed E-state index contributed by atoms with van der Waals surface area (Å²) in [6.07, 6.45) is 0. The molecule has 0 amide bonds. The van der Waals surface area contributed by atoms with E-state index in [9.17, 15) is 0 Å². The average molecular weight is 576 g/mol. The average Bonchev–Trinajstić information content (AvgIpc) is 3.48. The second-order valence-electron chi connectivity index (χ2n) is 11.3.